The molecule has 1 saturated heterocycles. The van der Waals surface area contributed by atoms with Crippen LogP contribution in [-0.2, 0) is 14.4 Å². The maximum atomic E-state index is 12.0. The van der Waals surface area contributed by atoms with Crippen LogP contribution < -0.4 is 5.32 Å². The summed E-state index contributed by atoms with van der Waals surface area (Å²) >= 11 is 0. The Labute approximate surface area is 105 Å². The number of carboxylic acids is 1. The normalized spacial score (nSPS) is 30.3. The maximum Gasteiger partial charge on any atom is 0.320 e. The summed E-state index contributed by atoms with van der Waals surface area (Å²) in [5.41, 5.74) is -0.208. The van der Waals surface area contributed by atoms with Crippen molar-refractivity contribution in [2.45, 2.75) is 26.3 Å². The highest BCUT2D eigenvalue weighted by molar-refractivity contribution is 6.10. The minimum Gasteiger partial charge on any atom is -0.480 e. The Morgan fingerprint density at radius 1 is 1.39 bits per heavy atom. The van der Waals surface area contributed by atoms with Gasteiger partial charge in [-0.2, -0.15) is 0 Å². The molecule has 0 bridgehead atoms. The van der Waals surface area contributed by atoms with Crippen molar-refractivity contribution in [1.29, 1.82) is 0 Å². The molecule has 100 valence electrons. The summed E-state index contributed by atoms with van der Waals surface area (Å²) in [6, 6.07) is -0.726. The van der Waals surface area contributed by atoms with Crippen molar-refractivity contribution in [3.05, 3.63) is 0 Å². The van der Waals surface area contributed by atoms with Gasteiger partial charge in [-0.05, 0) is 18.9 Å². The van der Waals surface area contributed by atoms with E-state index in [1.54, 1.807) is 7.05 Å². The van der Waals surface area contributed by atoms with Gasteiger partial charge in [0.05, 0.1) is 11.8 Å². The summed E-state index contributed by atoms with van der Waals surface area (Å²) in [7, 11) is 1.55. The largest absolute Gasteiger partial charge is 0.480 e. The Kier molecular flexibility index (Phi) is 2.93. The number of likely N-dealkylation sites (tertiary alicyclic amines) is 1. The van der Waals surface area contributed by atoms with Crippen LogP contribution in [0, 0.1) is 17.3 Å². The van der Waals surface area contributed by atoms with Crippen molar-refractivity contribution < 1.29 is 19.5 Å². The third-order valence-electron chi connectivity index (χ3n) is 4.18. The molecule has 1 heterocycles. The van der Waals surface area contributed by atoms with Gasteiger partial charge in [0, 0.05) is 6.54 Å². The first-order valence-electron chi connectivity index (χ1n) is 6.07. The highest BCUT2D eigenvalue weighted by Crippen LogP contribution is 2.63. The highest BCUT2D eigenvalue weighted by Gasteiger charge is 2.72. The van der Waals surface area contributed by atoms with E-state index in [1.807, 2.05) is 13.8 Å². The second kappa shape index (κ2) is 4.05. The minimum absolute atomic E-state index is 0.143. The number of hydrogen-bond acceptors (Lipinski definition) is 4. The van der Waals surface area contributed by atoms with E-state index in [2.05, 4.69) is 5.32 Å². The maximum absolute atomic E-state index is 12.0. The Balaban J connectivity index is 1.95. The Hall–Kier alpha value is -1.43. The predicted molar refractivity (Wildman–Crippen MR) is 62.6 cm³/mol. The number of imide groups is 1. The van der Waals surface area contributed by atoms with E-state index in [1.165, 1.54) is 4.90 Å². The van der Waals surface area contributed by atoms with Gasteiger partial charge in [0.25, 0.3) is 0 Å². The molecule has 6 heteroatoms. The first-order chi connectivity index (χ1) is 8.32. The molecule has 2 aliphatic rings. The van der Waals surface area contributed by atoms with Gasteiger partial charge < -0.3 is 10.4 Å². The molecular weight excluding hydrogens is 236 g/mol. The molecule has 0 radical (unpaired) electrons. The number of nitrogens with zero attached hydrogens (tertiary/aromatic N) is 1. The highest BCUT2D eigenvalue weighted by atomic mass is 16.4. The van der Waals surface area contributed by atoms with Gasteiger partial charge in [0.2, 0.25) is 11.8 Å². The van der Waals surface area contributed by atoms with Crippen molar-refractivity contribution in [3.8, 4) is 0 Å². The van der Waals surface area contributed by atoms with E-state index in [4.69, 9.17) is 5.11 Å². The molecule has 1 aliphatic carbocycles. The molecule has 6 nitrogen and oxygen atoms in total. The average Bonchev–Trinajstić information content (AvgIpc) is 2.74. The number of nitrogens with one attached hydrogen (secondary N) is 1. The molecule has 1 saturated carbocycles. The van der Waals surface area contributed by atoms with Crippen molar-refractivity contribution in [2.75, 3.05) is 13.6 Å². The summed E-state index contributed by atoms with van der Waals surface area (Å²) in [6.07, 6.45) is 0.239. The lowest BCUT2D eigenvalue weighted by Crippen LogP contribution is -2.42. The van der Waals surface area contributed by atoms with Crippen LogP contribution in [0.25, 0.3) is 0 Å². The lowest BCUT2D eigenvalue weighted by molar-refractivity contribution is -0.145. The summed E-state index contributed by atoms with van der Waals surface area (Å²) in [5.74, 6) is -1.64. The monoisotopic (exact) mass is 254 g/mol. The fourth-order valence-corrected chi connectivity index (χ4v) is 2.87. The standard InChI is InChI=1S/C12H18N2O4/c1-12(2)7-8(12)10(16)14(9(7)15)5-4-6(13-3)11(17)18/h6-8,13H,4-5H2,1-3H3,(H,17,18). The van der Waals surface area contributed by atoms with Crippen LogP contribution in [-0.4, -0.2) is 47.4 Å². The Morgan fingerprint density at radius 2 is 1.89 bits per heavy atom. The number of carbonyl (C=O) groups is 3. The lowest BCUT2D eigenvalue weighted by atomic mass is 10.1. The third-order valence-corrected chi connectivity index (χ3v) is 4.18. The minimum atomic E-state index is -0.970. The SMILES string of the molecule is CNC(CCN1C(=O)C2C(C1=O)C2(C)C)C(=O)O. The second-order valence-corrected chi connectivity index (χ2v) is 5.57. The average molecular weight is 254 g/mol. The zero-order valence-corrected chi connectivity index (χ0v) is 10.8. The van der Waals surface area contributed by atoms with Gasteiger partial charge in [-0.15, -0.1) is 0 Å². The predicted octanol–water partition coefficient (Wildman–Crippen LogP) is -0.310. The number of likely N-dealkylation sites (N-methyl/N-ethyl adjacent to an activating group) is 1. The van der Waals surface area contributed by atoms with Crippen LogP contribution in [0.1, 0.15) is 20.3 Å². The van der Waals surface area contributed by atoms with E-state index in [0.29, 0.717) is 0 Å². The smallest absolute Gasteiger partial charge is 0.320 e. The van der Waals surface area contributed by atoms with Gasteiger partial charge in [0.1, 0.15) is 6.04 Å². The fraction of sp³-hybridized carbons (Fsp3) is 0.750. The molecular formula is C12H18N2O4. The number of fused-ring (bicyclic) bond motifs is 1. The first kappa shape index (κ1) is 13.0. The molecule has 18 heavy (non-hydrogen) atoms. The van der Waals surface area contributed by atoms with Crippen LogP contribution in [0.3, 0.4) is 0 Å². The molecule has 0 aromatic carbocycles. The Morgan fingerprint density at radius 3 is 2.28 bits per heavy atom. The van der Waals surface area contributed by atoms with Crippen molar-refractivity contribution in [1.82, 2.24) is 10.2 Å². The molecule has 3 atom stereocenters. The van der Waals surface area contributed by atoms with Crippen LogP contribution in [0.15, 0.2) is 0 Å². The molecule has 0 spiro atoms. The summed E-state index contributed by atoms with van der Waals surface area (Å²) in [4.78, 5) is 36.0. The molecule has 0 aromatic rings. The molecule has 2 amide bonds. The third kappa shape index (κ3) is 1.71. The van der Waals surface area contributed by atoms with E-state index in [9.17, 15) is 14.4 Å². The van der Waals surface area contributed by atoms with Crippen molar-refractivity contribution in [2.24, 2.45) is 17.3 Å². The topological polar surface area (TPSA) is 86.7 Å². The summed E-state index contributed by atoms with van der Waals surface area (Å²) in [5, 5.41) is 11.5. The number of carboxylic acid groups (broad SMARTS) is 1. The van der Waals surface area contributed by atoms with Crippen LogP contribution >= 0.6 is 0 Å². The molecule has 2 fully saturated rings. The molecule has 0 aromatic heterocycles. The van der Waals surface area contributed by atoms with Gasteiger partial charge in [-0.25, -0.2) is 0 Å². The van der Waals surface area contributed by atoms with Crippen LogP contribution in [0.5, 0.6) is 0 Å². The molecule has 1 aliphatic heterocycles. The van der Waals surface area contributed by atoms with Gasteiger partial charge >= 0.3 is 5.97 Å². The zero-order valence-electron chi connectivity index (χ0n) is 10.8. The van der Waals surface area contributed by atoms with Gasteiger partial charge in [0.15, 0.2) is 0 Å². The molecule has 2 N–H and O–H groups in total. The number of rotatable bonds is 5. The number of hydrogen-bond donors (Lipinski definition) is 2. The summed E-state index contributed by atoms with van der Waals surface area (Å²) < 4.78 is 0. The van der Waals surface area contributed by atoms with Gasteiger partial charge in [-0.1, -0.05) is 13.8 Å². The molecule has 2 rings (SSSR count). The number of amides is 2. The quantitative estimate of drug-likeness (QED) is 0.657. The first-order valence-corrected chi connectivity index (χ1v) is 6.07. The van der Waals surface area contributed by atoms with E-state index in [0.717, 1.165) is 0 Å². The van der Waals surface area contributed by atoms with Crippen molar-refractivity contribution >= 4 is 17.8 Å². The summed E-state index contributed by atoms with van der Waals surface area (Å²) in [6.45, 7) is 4.02. The fourth-order valence-electron chi connectivity index (χ4n) is 2.87. The Bertz CT molecular complexity index is 394. The second-order valence-electron chi connectivity index (χ2n) is 5.57. The van der Waals surface area contributed by atoms with E-state index < -0.39 is 12.0 Å². The number of piperidine rings is 1. The van der Waals surface area contributed by atoms with E-state index >= 15 is 0 Å². The lowest BCUT2D eigenvalue weighted by Gasteiger charge is -2.21. The van der Waals surface area contributed by atoms with Crippen LogP contribution in [0.2, 0.25) is 0 Å². The zero-order chi connectivity index (χ0) is 13.7. The van der Waals surface area contributed by atoms with Crippen LogP contribution in [0.4, 0.5) is 0 Å². The van der Waals surface area contributed by atoms with Gasteiger partial charge in [-0.3, -0.25) is 19.3 Å². The van der Waals surface area contributed by atoms with Crippen molar-refractivity contribution in [3.63, 3.8) is 0 Å². The number of carbonyl (C=O) groups excluding carboxylic acids is 2. The van der Waals surface area contributed by atoms with E-state index in [-0.39, 0.29) is 42.0 Å². The molecule has 3 unspecified atom stereocenters. The number of aliphatic carboxylic acids is 1.